The summed E-state index contributed by atoms with van der Waals surface area (Å²) < 4.78 is 30.1. The Morgan fingerprint density at radius 2 is 0.769 bits per heavy atom. The van der Waals surface area contributed by atoms with Crippen molar-refractivity contribution in [2.24, 2.45) is 0 Å². The third-order valence-electron chi connectivity index (χ3n) is 7.16. The minimum Gasteiger partial charge on any atom is -0.395 e. The van der Waals surface area contributed by atoms with Crippen LogP contribution in [0.4, 0.5) is 0 Å². The maximum absolute atomic E-state index is 13.3. The molecule has 1 atom stereocenters. The molecule has 0 aromatic rings. The first-order valence-corrected chi connectivity index (χ1v) is 18.1. The van der Waals surface area contributed by atoms with Crippen LogP contribution in [0.25, 0.3) is 0 Å². The SMILES string of the molecule is CCCCCCCCCCCCCCCOP(=O)(OCCCCCCCCCCCC)ON(CCO)CCO. The minimum absolute atomic E-state index is 0.133. The number of aliphatic hydroxyl groups is 2. The number of rotatable bonds is 33. The minimum atomic E-state index is -3.79. The first kappa shape index (κ1) is 39.0. The van der Waals surface area contributed by atoms with Gasteiger partial charge in [0.1, 0.15) is 0 Å². The Bertz CT molecular complexity index is 519. The second-order valence-corrected chi connectivity index (χ2v) is 12.6. The zero-order valence-electron chi connectivity index (χ0n) is 25.9. The monoisotopic (exact) mass is 579 g/mol. The summed E-state index contributed by atoms with van der Waals surface area (Å²) in [6.45, 7) is 5.07. The standard InChI is InChI=1S/C31H66NO6P/c1-3-5-7-9-11-13-15-16-17-19-21-23-25-31-37-39(35,38-32(26-28-33)27-29-34)36-30-24-22-20-18-14-12-10-8-6-4-2/h33-34H,3-31H2,1-2H3. The molecule has 0 aliphatic heterocycles. The Morgan fingerprint density at radius 3 is 1.05 bits per heavy atom. The first-order valence-electron chi connectivity index (χ1n) is 16.7. The summed E-state index contributed by atoms with van der Waals surface area (Å²) in [6.07, 6.45) is 28.6. The quantitative estimate of drug-likeness (QED) is 0.0455. The fraction of sp³-hybridized carbons (Fsp3) is 1.00. The number of hydrogen-bond acceptors (Lipinski definition) is 7. The molecule has 0 aromatic heterocycles. The van der Waals surface area contributed by atoms with Crippen LogP contribution in [-0.4, -0.2) is 54.8 Å². The van der Waals surface area contributed by atoms with E-state index in [2.05, 4.69) is 13.8 Å². The van der Waals surface area contributed by atoms with Gasteiger partial charge in [0, 0.05) is 13.1 Å². The third kappa shape index (κ3) is 27.9. The summed E-state index contributed by atoms with van der Waals surface area (Å²) in [4.78, 5) is 0. The Balaban J connectivity index is 4.09. The Labute approximate surface area is 242 Å². The van der Waals surface area contributed by atoms with E-state index in [1.807, 2.05) is 0 Å². The number of aliphatic hydroxyl groups excluding tert-OH is 2. The van der Waals surface area contributed by atoms with Crippen LogP contribution >= 0.6 is 7.82 Å². The molecule has 0 fully saturated rings. The molecule has 0 saturated carbocycles. The molecule has 0 bridgehead atoms. The lowest BCUT2D eigenvalue weighted by Crippen LogP contribution is -2.30. The predicted octanol–water partition coefficient (Wildman–Crippen LogP) is 9.36. The second-order valence-electron chi connectivity index (χ2n) is 11.0. The van der Waals surface area contributed by atoms with E-state index in [0.29, 0.717) is 13.2 Å². The van der Waals surface area contributed by atoms with Crippen LogP contribution < -0.4 is 0 Å². The highest BCUT2D eigenvalue weighted by Crippen LogP contribution is 2.50. The number of hydrogen-bond donors (Lipinski definition) is 2. The molecular formula is C31H66NO6P. The fourth-order valence-corrected chi connectivity index (χ4v) is 6.02. The summed E-state index contributed by atoms with van der Waals surface area (Å²) >= 11 is 0. The van der Waals surface area contributed by atoms with Crippen molar-refractivity contribution in [2.75, 3.05) is 39.5 Å². The Kier molecular flexibility index (Phi) is 30.9. The second kappa shape index (κ2) is 30.9. The van der Waals surface area contributed by atoms with Gasteiger partial charge in [-0.2, -0.15) is 9.69 Å². The van der Waals surface area contributed by atoms with Crippen molar-refractivity contribution in [2.45, 2.75) is 162 Å². The van der Waals surface area contributed by atoms with Gasteiger partial charge in [0.15, 0.2) is 0 Å². The van der Waals surface area contributed by atoms with Crippen LogP contribution in [0.1, 0.15) is 162 Å². The number of hydroxylamine groups is 2. The molecule has 8 heteroatoms. The van der Waals surface area contributed by atoms with Crippen molar-refractivity contribution in [1.82, 2.24) is 5.06 Å². The molecule has 39 heavy (non-hydrogen) atoms. The number of unbranched alkanes of at least 4 members (excludes halogenated alkanes) is 21. The van der Waals surface area contributed by atoms with Gasteiger partial charge in [0.2, 0.25) is 0 Å². The van der Waals surface area contributed by atoms with Crippen molar-refractivity contribution in [1.29, 1.82) is 0 Å². The predicted molar refractivity (Wildman–Crippen MR) is 164 cm³/mol. The van der Waals surface area contributed by atoms with Gasteiger partial charge in [0.05, 0.1) is 26.4 Å². The molecule has 0 heterocycles. The van der Waals surface area contributed by atoms with E-state index in [9.17, 15) is 14.8 Å². The van der Waals surface area contributed by atoms with Gasteiger partial charge in [0.25, 0.3) is 0 Å². The maximum atomic E-state index is 13.3. The molecule has 0 amide bonds. The van der Waals surface area contributed by atoms with Crippen molar-refractivity contribution in [3.05, 3.63) is 0 Å². The van der Waals surface area contributed by atoms with Gasteiger partial charge in [-0.3, -0.25) is 9.05 Å². The van der Waals surface area contributed by atoms with E-state index in [0.717, 1.165) is 38.5 Å². The molecule has 0 aliphatic rings. The molecule has 0 aromatic carbocycles. The molecule has 0 radical (unpaired) electrons. The van der Waals surface area contributed by atoms with E-state index in [1.54, 1.807) is 0 Å². The van der Waals surface area contributed by atoms with Crippen LogP contribution in [0.2, 0.25) is 0 Å². The van der Waals surface area contributed by atoms with E-state index in [4.69, 9.17) is 13.7 Å². The van der Waals surface area contributed by atoms with Crippen LogP contribution in [-0.2, 0) is 18.2 Å². The highest BCUT2D eigenvalue weighted by molar-refractivity contribution is 7.48. The van der Waals surface area contributed by atoms with Crippen LogP contribution in [0.15, 0.2) is 0 Å². The van der Waals surface area contributed by atoms with E-state index < -0.39 is 7.82 Å². The average Bonchev–Trinajstić information content (AvgIpc) is 2.92. The summed E-state index contributed by atoms with van der Waals surface area (Å²) in [5.41, 5.74) is 0. The average molecular weight is 580 g/mol. The molecule has 7 nitrogen and oxygen atoms in total. The van der Waals surface area contributed by atoms with E-state index in [-0.39, 0.29) is 26.3 Å². The van der Waals surface area contributed by atoms with Gasteiger partial charge in [-0.25, -0.2) is 4.57 Å². The summed E-state index contributed by atoms with van der Waals surface area (Å²) in [5, 5.41) is 19.8. The van der Waals surface area contributed by atoms with Crippen molar-refractivity contribution < 1.29 is 28.5 Å². The maximum Gasteiger partial charge on any atom is 0.491 e. The summed E-state index contributed by atoms with van der Waals surface area (Å²) in [5.74, 6) is 0. The molecular weight excluding hydrogens is 513 g/mol. The van der Waals surface area contributed by atoms with Crippen LogP contribution in [0, 0.1) is 0 Å². The van der Waals surface area contributed by atoms with E-state index >= 15 is 0 Å². The third-order valence-corrected chi connectivity index (χ3v) is 8.59. The lowest BCUT2D eigenvalue weighted by molar-refractivity contribution is -0.105. The molecule has 0 spiro atoms. The topological polar surface area (TPSA) is 88.5 Å². The fourth-order valence-electron chi connectivity index (χ4n) is 4.70. The Hall–Kier alpha value is -0.0100. The molecule has 0 aliphatic carbocycles. The van der Waals surface area contributed by atoms with E-state index in [1.165, 1.54) is 114 Å². The Morgan fingerprint density at radius 1 is 0.487 bits per heavy atom. The van der Waals surface area contributed by atoms with Gasteiger partial charge in [-0.05, 0) is 12.8 Å². The normalized spacial score (nSPS) is 13.4. The lowest BCUT2D eigenvalue weighted by atomic mass is 10.0. The lowest BCUT2D eigenvalue weighted by Gasteiger charge is -2.25. The number of nitrogens with zero attached hydrogens (tertiary/aromatic N) is 1. The highest BCUT2D eigenvalue weighted by atomic mass is 31.2. The van der Waals surface area contributed by atoms with Gasteiger partial charge in [-0.1, -0.05) is 149 Å². The number of phosphoric acid groups is 1. The van der Waals surface area contributed by atoms with Gasteiger partial charge >= 0.3 is 7.82 Å². The van der Waals surface area contributed by atoms with Gasteiger partial charge in [-0.15, -0.1) is 0 Å². The molecule has 1 unspecified atom stereocenters. The van der Waals surface area contributed by atoms with Crippen LogP contribution in [0.3, 0.4) is 0 Å². The highest BCUT2D eigenvalue weighted by Gasteiger charge is 2.30. The van der Waals surface area contributed by atoms with Crippen molar-refractivity contribution in [3.63, 3.8) is 0 Å². The largest absolute Gasteiger partial charge is 0.491 e. The van der Waals surface area contributed by atoms with Crippen LogP contribution in [0.5, 0.6) is 0 Å². The molecule has 2 N–H and O–H groups in total. The molecule has 0 saturated heterocycles. The first-order chi connectivity index (χ1) is 19.1. The van der Waals surface area contributed by atoms with Crippen molar-refractivity contribution >= 4 is 7.82 Å². The van der Waals surface area contributed by atoms with Gasteiger partial charge < -0.3 is 10.2 Å². The summed E-state index contributed by atoms with van der Waals surface area (Å²) in [6, 6.07) is 0. The zero-order chi connectivity index (χ0) is 28.7. The molecule has 236 valence electrons. The smallest absolute Gasteiger partial charge is 0.395 e. The van der Waals surface area contributed by atoms with Crippen molar-refractivity contribution in [3.8, 4) is 0 Å². The summed E-state index contributed by atoms with van der Waals surface area (Å²) in [7, 11) is -3.79. The number of phosphoric ester groups is 1. The molecule has 0 rings (SSSR count). The zero-order valence-corrected chi connectivity index (χ0v) is 26.8.